The third-order valence-corrected chi connectivity index (χ3v) is 4.42. The first-order valence-corrected chi connectivity index (χ1v) is 9.30. The van der Waals surface area contributed by atoms with Crippen molar-refractivity contribution in [3.05, 3.63) is 82.9 Å². The van der Waals surface area contributed by atoms with Crippen LogP contribution in [0.3, 0.4) is 0 Å². The third-order valence-electron chi connectivity index (χ3n) is 4.42. The fraction of sp³-hybridized carbons (Fsp3) is 0.182. The summed E-state index contributed by atoms with van der Waals surface area (Å²) in [5.41, 5.74) is 3.56. The second kappa shape index (κ2) is 9.57. The highest BCUT2D eigenvalue weighted by atomic mass is 16.6. The predicted octanol–water partition coefficient (Wildman–Crippen LogP) is 5.86. The van der Waals surface area contributed by atoms with Gasteiger partial charge in [-0.25, -0.2) is 0 Å². The van der Waals surface area contributed by atoms with E-state index >= 15 is 0 Å². The maximum absolute atomic E-state index is 11.2. The highest BCUT2D eigenvalue weighted by molar-refractivity contribution is 5.74. The summed E-state index contributed by atoms with van der Waals surface area (Å²) in [5, 5.41) is 32.2. The summed E-state index contributed by atoms with van der Waals surface area (Å²) in [4.78, 5) is 10.8. The van der Waals surface area contributed by atoms with E-state index in [1.165, 1.54) is 6.07 Å². The lowest BCUT2D eigenvalue weighted by atomic mass is 10.0. The third kappa shape index (κ3) is 5.24. The first-order valence-electron chi connectivity index (χ1n) is 9.30. The summed E-state index contributed by atoms with van der Waals surface area (Å²) in [6.07, 6.45) is 0.637. The Kier molecular flexibility index (Phi) is 6.65. The number of hydrogen-bond acceptors (Lipinski definition) is 6. The highest BCUT2D eigenvalue weighted by Gasteiger charge is 2.13. The Morgan fingerprint density at radius 2 is 1.69 bits per heavy atom. The number of para-hydroxylation sites is 2. The molecule has 0 saturated heterocycles. The predicted molar refractivity (Wildman–Crippen MR) is 114 cm³/mol. The summed E-state index contributed by atoms with van der Waals surface area (Å²) in [6.45, 7) is 2.11. The lowest BCUT2D eigenvalue weighted by Gasteiger charge is -2.15. The number of anilines is 1. The molecule has 0 heterocycles. The maximum Gasteiger partial charge on any atom is 0.277 e. The molecule has 7 heteroatoms. The number of nitrogens with one attached hydrogen (secondary N) is 1. The van der Waals surface area contributed by atoms with Crippen LogP contribution >= 0.6 is 0 Å². The smallest absolute Gasteiger partial charge is 0.277 e. The lowest BCUT2D eigenvalue weighted by molar-refractivity contribution is -0.384. The monoisotopic (exact) mass is 390 g/mol. The minimum Gasteiger partial charge on any atom is -0.396 e. The van der Waals surface area contributed by atoms with E-state index in [1.807, 2.05) is 31.2 Å². The number of azo groups is 1. The van der Waals surface area contributed by atoms with Crippen molar-refractivity contribution in [2.24, 2.45) is 10.2 Å². The normalized spacial score (nSPS) is 12.1. The molecular weight excluding hydrogens is 368 g/mol. The van der Waals surface area contributed by atoms with E-state index in [0.29, 0.717) is 23.4 Å². The van der Waals surface area contributed by atoms with E-state index in [1.54, 1.807) is 42.5 Å². The van der Waals surface area contributed by atoms with Crippen LogP contribution in [-0.2, 0) is 0 Å². The Morgan fingerprint density at radius 1 is 1.00 bits per heavy atom. The van der Waals surface area contributed by atoms with Crippen LogP contribution in [0.5, 0.6) is 0 Å². The molecule has 0 aliphatic carbocycles. The molecule has 148 valence electrons. The van der Waals surface area contributed by atoms with Gasteiger partial charge in [0.25, 0.3) is 5.69 Å². The van der Waals surface area contributed by atoms with Gasteiger partial charge >= 0.3 is 0 Å². The van der Waals surface area contributed by atoms with Gasteiger partial charge in [0.15, 0.2) is 0 Å². The van der Waals surface area contributed by atoms with Crippen molar-refractivity contribution in [1.29, 1.82) is 0 Å². The number of nitro groups is 1. The molecule has 0 aliphatic heterocycles. The van der Waals surface area contributed by atoms with Gasteiger partial charge in [-0.15, -0.1) is 5.11 Å². The molecule has 0 spiro atoms. The Hall–Kier alpha value is -3.58. The zero-order valence-corrected chi connectivity index (χ0v) is 16.0. The van der Waals surface area contributed by atoms with Gasteiger partial charge in [-0.1, -0.05) is 36.4 Å². The fourth-order valence-corrected chi connectivity index (χ4v) is 2.91. The van der Waals surface area contributed by atoms with Crippen molar-refractivity contribution < 1.29 is 10.0 Å². The molecule has 2 N–H and O–H groups in total. The van der Waals surface area contributed by atoms with Crippen molar-refractivity contribution >= 4 is 22.7 Å². The molecule has 1 unspecified atom stereocenters. The van der Waals surface area contributed by atoms with Crippen LogP contribution < -0.4 is 5.32 Å². The maximum atomic E-state index is 11.2. The number of nitro benzene ring substituents is 1. The van der Waals surface area contributed by atoms with Gasteiger partial charge in [-0.2, -0.15) is 5.11 Å². The van der Waals surface area contributed by atoms with Crippen molar-refractivity contribution in [3.8, 4) is 11.1 Å². The molecule has 3 rings (SSSR count). The van der Waals surface area contributed by atoms with Crippen LogP contribution in [0.2, 0.25) is 0 Å². The molecule has 3 aromatic rings. The van der Waals surface area contributed by atoms with Gasteiger partial charge < -0.3 is 10.4 Å². The van der Waals surface area contributed by atoms with Gasteiger partial charge in [0, 0.05) is 18.7 Å². The number of aliphatic hydroxyl groups is 1. The lowest BCUT2D eigenvalue weighted by Crippen LogP contribution is -2.16. The van der Waals surface area contributed by atoms with Gasteiger partial charge in [0.05, 0.1) is 21.9 Å². The Bertz CT molecular complexity index is 1000. The average molecular weight is 390 g/mol. The van der Waals surface area contributed by atoms with Crippen LogP contribution in [0.1, 0.15) is 13.3 Å². The molecule has 0 radical (unpaired) electrons. The molecule has 0 amide bonds. The molecule has 0 bridgehead atoms. The van der Waals surface area contributed by atoms with E-state index in [2.05, 4.69) is 15.5 Å². The van der Waals surface area contributed by atoms with Crippen molar-refractivity contribution in [2.75, 3.05) is 11.9 Å². The first kappa shape index (κ1) is 20.2. The summed E-state index contributed by atoms with van der Waals surface area (Å²) in [5.74, 6) is 0. The second-order valence-electron chi connectivity index (χ2n) is 6.60. The molecule has 0 aliphatic rings. The molecule has 1 atom stereocenters. The minimum atomic E-state index is -0.384. The van der Waals surface area contributed by atoms with E-state index in [4.69, 9.17) is 5.11 Å². The zero-order chi connectivity index (χ0) is 20.6. The topological polar surface area (TPSA) is 100 Å². The molecule has 0 saturated carbocycles. The molecule has 3 aromatic carbocycles. The largest absolute Gasteiger partial charge is 0.396 e. The highest BCUT2D eigenvalue weighted by Crippen LogP contribution is 2.32. The minimum absolute atomic E-state index is 0.0684. The van der Waals surface area contributed by atoms with Gasteiger partial charge in [-0.05, 0) is 49.2 Å². The van der Waals surface area contributed by atoms with Crippen LogP contribution in [0.15, 0.2) is 83.0 Å². The fourth-order valence-electron chi connectivity index (χ4n) is 2.91. The molecular formula is C22H22N4O3. The van der Waals surface area contributed by atoms with E-state index in [0.717, 1.165) is 11.3 Å². The summed E-state index contributed by atoms with van der Waals surface area (Å²) in [6, 6.07) is 21.5. The SMILES string of the molecule is CC(CCO)Nc1ccccc1N=Nc1ccc(-c2ccccc2[N+](=O)[O-])cc1. The van der Waals surface area contributed by atoms with Gasteiger partial charge in [0.2, 0.25) is 0 Å². The molecule has 0 fully saturated rings. The van der Waals surface area contributed by atoms with Crippen LogP contribution in [0, 0.1) is 10.1 Å². The number of aliphatic hydroxyl groups excluding tert-OH is 1. The quantitative estimate of drug-likeness (QED) is 0.286. The van der Waals surface area contributed by atoms with Crippen molar-refractivity contribution in [2.45, 2.75) is 19.4 Å². The van der Waals surface area contributed by atoms with Crippen molar-refractivity contribution in [3.63, 3.8) is 0 Å². The first-order chi connectivity index (χ1) is 14.1. The molecule has 7 nitrogen and oxygen atoms in total. The number of hydrogen-bond donors (Lipinski definition) is 2. The van der Waals surface area contributed by atoms with Crippen LogP contribution in [0.4, 0.5) is 22.7 Å². The Labute approximate surface area is 168 Å². The summed E-state index contributed by atoms with van der Waals surface area (Å²) in [7, 11) is 0. The van der Waals surface area contributed by atoms with Gasteiger partial charge in [0.1, 0.15) is 5.69 Å². The average Bonchev–Trinajstić information content (AvgIpc) is 2.73. The zero-order valence-electron chi connectivity index (χ0n) is 16.0. The number of nitrogens with zero attached hydrogens (tertiary/aromatic N) is 3. The molecule has 0 aromatic heterocycles. The second-order valence-corrected chi connectivity index (χ2v) is 6.60. The number of benzene rings is 3. The van der Waals surface area contributed by atoms with Gasteiger partial charge in [-0.3, -0.25) is 10.1 Å². The molecule has 29 heavy (non-hydrogen) atoms. The Morgan fingerprint density at radius 3 is 2.41 bits per heavy atom. The standard InChI is InChI=1S/C22H22N4O3/c1-16(14-15-27)23-20-7-3-4-8-21(20)25-24-18-12-10-17(11-13-18)19-6-2-5-9-22(19)26(28)29/h2-13,16,23,27H,14-15H2,1H3. The summed E-state index contributed by atoms with van der Waals surface area (Å²) < 4.78 is 0. The van der Waals surface area contributed by atoms with E-state index in [9.17, 15) is 10.1 Å². The van der Waals surface area contributed by atoms with E-state index in [-0.39, 0.29) is 23.3 Å². The number of rotatable bonds is 8. The van der Waals surface area contributed by atoms with Crippen LogP contribution in [-0.4, -0.2) is 22.7 Å². The Balaban J connectivity index is 1.79. The van der Waals surface area contributed by atoms with Crippen molar-refractivity contribution in [1.82, 2.24) is 0 Å². The van der Waals surface area contributed by atoms with E-state index < -0.39 is 0 Å². The summed E-state index contributed by atoms with van der Waals surface area (Å²) >= 11 is 0. The van der Waals surface area contributed by atoms with Crippen LogP contribution in [0.25, 0.3) is 11.1 Å².